The van der Waals surface area contributed by atoms with Crippen molar-refractivity contribution in [2.75, 3.05) is 6.54 Å². The molecule has 0 aromatic carbocycles. The van der Waals surface area contributed by atoms with E-state index in [0.717, 1.165) is 30.7 Å². The summed E-state index contributed by atoms with van der Waals surface area (Å²) in [6.07, 6.45) is 4.51. The lowest BCUT2D eigenvalue weighted by Gasteiger charge is -2.11. The third-order valence-electron chi connectivity index (χ3n) is 2.47. The van der Waals surface area contributed by atoms with Crippen LogP contribution < -0.4 is 5.32 Å². The van der Waals surface area contributed by atoms with Crippen LogP contribution in [0.25, 0.3) is 11.2 Å². The van der Waals surface area contributed by atoms with Crippen molar-refractivity contribution in [2.45, 2.75) is 13.0 Å². The summed E-state index contributed by atoms with van der Waals surface area (Å²) in [5.74, 6) is 0. The summed E-state index contributed by atoms with van der Waals surface area (Å²) in [6.45, 7) is 1.95. The first-order valence-electron chi connectivity index (χ1n) is 4.46. The molecule has 2 aromatic heterocycles. The molecule has 0 atom stereocenters. The van der Waals surface area contributed by atoms with Gasteiger partial charge in [0.05, 0.1) is 0 Å². The summed E-state index contributed by atoms with van der Waals surface area (Å²) in [4.78, 5) is 11.9. The summed E-state index contributed by atoms with van der Waals surface area (Å²) < 4.78 is 0. The molecular weight excluding hydrogens is 164 g/mol. The Morgan fingerprint density at radius 1 is 1.23 bits per heavy atom. The third-order valence-corrected chi connectivity index (χ3v) is 2.47. The average molecular weight is 174 g/mol. The lowest BCUT2D eigenvalue weighted by molar-refractivity contribution is 0.640. The van der Waals surface area contributed by atoms with Crippen LogP contribution in [0.5, 0.6) is 0 Å². The normalized spacial score (nSPS) is 16.0. The van der Waals surface area contributed by atoms with Crippen molar-refractivity contribution in [3.8, 4) is 0 Å². The Labute approximate surface area is 75.4 Å². The molecule has 0 saturated carbocycles. The van der Waals surface area contributed by atoms with Crippen molar-refractivity contribution in [1.29, 1.82) is 0 Å². The molecule has 0 spiro atoms. The zero-order valence-corrected chi connectivity index (χ0v) is 7.17. The molecule has 13 heavy (non-hydrogen) atoms. The van der Waals surface area contributed by atoms with Crippen molar-refractivity contribution in [1.82, 2.24) is 20.3 Å². The third kappa shape index (κ3) is 0.954. The molecule has 66 valence electrons. The van der Waals surface area contributed by atoms with E-state index in [1.165, 1.54) is 11.3 Å². The van der Waals surface area contributed by atoms with Gasteiger partial charge in [0.15, 0.2) is 5.65 Å². The summed E-state index contributed by atoms with van der Waals surface area (Å²) in [5, 5.41) is 3.33. The van der Waals surface area contributed by atoms with Gasteiger partial charge in [-0.3, -0.25) is 4.98 Å². The summed E-state index contributed by atoms with van der Waals surface area (Å²) >= 11 is 0. The highest BCUT2D eigenvalue weighted by Gasteiger charge is 2.15. The van der Waals surface area contributed by atoms with E-state index in [0.29, 0.717) is 0 Å². The molecule has 0 aliphatic carbocycles. The van der Waals surface area contributed by atoms with E-state index in [-0.39, 0.29) is 0 Å². The fraction of sp³-hybridized carbons (Fsp3) is 0.333. The fourth-order valence-electron chi connectivity index (χ4n) is 1.84. The Kier molecular flexibility index (Phi) is 1.37. The molecule has 4 nitrogen and oxygen atoms in total. The Bertz CT molecular complexity index is 446. The first kappa shape index (κ1) is 7.03. The Morgan fingerprint density at radius 3 is 3.15 bits per heavy atom. The van der Waals surface area contributed by atoms with Gasteiger partial charge in [0.25, 0.3) is 0 Å². The number of rotatable bonds is 0. The zero-order chi connectivity index (χ0) is 8.67. The van der Waals surface area contributed by atoms with Crippen LogP contribution in [0.1, 0.15) is 11.3 Å². The van der Waals surface area contributed by atoms with Gasteiger partial charge in [-0.1, -0.05) is 0 Å². The summed E-state index contributed by atoms with van der Waals surface area (Å²) in [5.41, 5.74) is 4.51. The van der Waals surface area contributed by atoms with Gasteiger partial charge in [-0.2, -0.15) is 0 Å². The molecule has 0 unspecified atom stereocenters. The van der Waals surface area contributed by atoms with Crippen molar-refractivity contribution in [2.24, 2.45) is 0 Å². The van der Waals surface area contributed by atoms with Gasteiger partial charge in [0, 0.05) is 43.2 Å². The Balaban J connectivity index is 2.34. The smallest absolute Gasteiger partial charge is 0.156 e. The van der Waals surface area contributed by atoms with Crippen LogP contribution in [-0.2, 0) is 13.0 Å². The van der Waals surface area contributed by atoms with Gasteiger partial charge in [0.1, 0.15) is 5.52 Å². The van der Waals surface area contributed by atoms with Crippen LogP contribution in [0.15, 0.2) is 12.4 Å². The molecule has 0 radical (unpaired) electrons. The number of aromatic amines is 1. The molecule has 1 aliphatic heterocycles. The van der Waals surface area contributed by atoms with Gasteiger partial charge >= 0.3 is 0 Å². The minimum atomic E-state index is 0.911. The number of fused-ring (bicyclic) bond motifs is 3. The predicted molar refractivity (Wildman–Crippen MR) is 49.3 cm³/mol. The molecule has 3 heterocycles. The van der Waals surface area contributed by atoms with Crippen molar-refractivity contribution >= 4 is 11.2 Å². The molecule has 0 saturated heterocycles. The van der Waals surface area contributed by atoms with Gasteiger partial charge in [-0.15, -0.1) is 0 Å². The van der Waals surface area contributed by atoms with Crippen molar-refractivity contribution < 1.29 is 0 Å². The number of H-pyrrole nitrogens is 1. The van der Waals surface area contributed by atoms with Crippen molar-refractivity contribution in [3.63, 3.8) is 0 Å². The maximum atomic E-state index is 4.32. The lowest BCUT2D eigenvalue weighted by atomic mass is 10.1. The lowest BCUT2D eigenvalue weighted by Crippen LogP contribution is -2.23. The number of aromatic nitrogens is 3. The molecular formula is C9H10N4. The Morgan fingerprint density at radius 2 is 2.15 bits per heavy atom. The average Bonchev–Trinajstić information content (AvgIpc) is 2.56. The van der Waals surface area contributed by atoms with E-state index >= 15 is 0 Å². The monoisotopic (exact) mass is 174 g/mol. The van der Waals surface area contributed by atoms with Crippen LogP contribution in [0.3, 0.4) is 0 Å². The predicted octanol–water partition coefficient (Wildman–Crippen LogP) is 0.604. The molecule has 0 fully saturated rings. The Hall–Kier alpha value is -1.42. The summed E-state index contributed by atoms with van der Waals surface area (Å²) in [6, 6.07) is 0. The maximum Gasteiger partial charge on any atom is 0.156 e. The number of hydrogen-bond donors (Lipinski definition) is 2. The second kappa shape index (κ2) is 2.53. The first-order valence-corrected chi connectivity index (χ1v) is 4.46. The largest absolute Gasteiger partial charge is 0.342 e. The second-order valence-electron chi connectivity index (χ2n) is 3.26. The molecule has 1 aliphatic rings. The summed E-state index contributed by atoms with van der Waals surface area (Å²) in [7, 11) is 0. The van der Waals surface area contributed by atoms with Gasteiger partial charge in [-0.05, 0) is 0 Å². The zero-order valence-electron chi connectivity index (χ0n) is 7.17. The fourth-order valence-corrected chi connectivity index (χ4v) is 1.84. The standard InChI is InChI=1S/C9H10N4/c1-2-10-5-6-7(1)13-9-8(6)11-3-4-12-9/h3-4,10H,1-2,5H2,(H,12,13). The van der Waals surface area contributed by atoms with E-state index in [1.54, 1.807) is 12.4 Å². The van der Waals surface area contributed by atoms with E-state index < -0.39 is 0 Å². The molecule has 0 bridgehead atoms. The number of hydrogen-bond acceptors (Lipinski definition) is 3. The minimum Gasteiger partial charge on any atom is -0.342 e. The van der Waals surface area contributed by atoms with Crippen molar-refractivity contribution in [3.05, 3.63) is 23.7 Å². The quantitative estimate of drug-likeness (QED) is 0.615. The highest BCUT2D eigenvalue weighted by molar-refractivity contribution is 5.76. The topological polar surface area (TPSA) is 53.6 Å². The highest BCUT2D eigenvalue weighted by Crippen LogP contribution is 2.20. The number of nitrogens with zero attached hydrogens (tertiary/aromatic N) is 2. The van der Waals surface area contributed by atoms with E-state index in [1.807, 2.05) is 0 Å². The SMILES string of the molecule is c1cnc2c3c([nH]c2n1)CCNC3. The highest BCUT2D eigenvalue weighted by atomic mass is 15.0. The molecule has 0 amide bonds. The van der Waals surface area contributed by atoms with Crippen LogP contribution in [0.4, 0.5) is 0 Å². The van der Waals surface area contributed by atoms with Crippen LogP contribution in [0.2, 0.25) is 0 Å². The molecule has 4 heteroatoms. The maximum absolute atomic E-state index is 4.32. The van der Waals surface area contributed by atoms with E-state index in [9.17, 15) is 0 Å². The van der Waals surface area contributed by atoms with Crippen LogP contribution >= 0.6 is 0 Å². The van der Waals surface area contributed by atoms with E-state index in [4.69, 9.17) is 0 Å². The second-order valence-corrected chi connectivity index (χ2v) is 3.26. The number of nitrogens with one attached hydrogen (secondary N) is 2. The van der Waals surface area contributed by atoms with Gasteiger partial charge in [-0.25, -0.2) is 4.98 Å². The molecule has 2 N–H and O–H groups in total. The molecule has 2 aromatic rings. The van der Waals surface area contributed by atoms with Crippen LogP contribution in [0, 0.1) is 0 Å². The first-order chi connectivity index (χ1) is 6.45. The van der Waals surface area contributed by atoms with Gasteiger partial charge in [0.2, 0.25) is 0 Å². The van der Waals surface area contributed by atoms with Crippen LogP contribution in [-0.4, -0.2) is 21.5 Å². The van der Waals surface area contributed by atoms with E-state index in [2.05, 4.69) is 20.3 Å². The molecule has 3 rings (SSSR count). The van der Waals surface area contributed by atoms with Gasteiger partial charge < -0.3 is 10.3 Å². The minimum absolute atomic E-state index is 0.911.